The zero-order valence-electron chi connectivity index (χ0n) is 17.6. The summed E-state index contributed by atoms with van der Waals surface area (Å²) in [5.41, 5.74) is 2.76. The van der Waals surface area contributed by atoms with Crippen molar-refractivity contribution in [3.05, 3.63) is 65.2 Å². The minimum atomic E-state index is -3.72. The van der Waals surface area contributed by atoms with Gasteiger partial charge in [0.2, 0.25) is 0 Å². The van der Waals surface area contributed by atoms with Crippen LogP contribution in [0.25, 0.3) is 0 Å². The molecule has 2 aromatic carbocycles. The molecule has 7 nitrogen and oxygen atoms in total. The molecule has 1 aliphatic rings. The summed E-state index contributed by atoms with van der Waals surface area (Å²) in [7, 11) is -1.19. The van der Waals surface area contributed by atoms with Gasteiger partial charge in [0.25, 0.3) is 0 Å². The number of phosphoric acid groups is 1. The number of benzene rings is 2. The Morgan fingerprint density at radius 3 is 2.39 bits per heavy atom. The van der Waals surface area contributed by atoms with Crippen LogP contribution in [0.4, 0.5) is 0 Å². The summed E-state index contributed by atoms with van der Waals surface area (Å²) in [6.07, 6.45) is -0.150. The number of rotatable bonds is 10. The van der Waals surface area contributed by atoms with E-state index in [-0.39, 0.29) is 29.2 Å². The molecule has 0 spiro atoms. The maximum atomic E-state index is 12.5. The number of Topliss-reactive ketones (excluding diaryl/α,β-unsaturated/α-hetero) is 1. The van der Waals surface area contributed by atoms with Crippen LogP contribution in [0.5, 0.6) is 5.75 Å². The number of hydrogen-bond acceptors (Lipinski definition) is 8. The Hall–Kier alpha value is -1.96. The molecule has 2 atom stereocenters. The molecule has 2 aromatic rings. The molecule has 9 heteroatoms. The third kappa shape index (κ3) is 6.51. The van der Waals surface area contributed by atoms with E-state index >= 15 is 0 Å². The predicted octanol–water partition coefficient (Wildman–Crippen LogP) is 4.68. The van der Waals surface area contributed by atoms with E-state index in [0.29, 0.717) is 12.2 Å². The van der Waals surface area contributed by atoms with Crippen molar-refractivity contribution < 1.29 is 32.5 Å². The van der Waals surface area contributed by atoms with Crippen molar-refractivity contribution in [3.63, 3.8) is 0 Å². The van der Waals surface area contributed by atoms with Crippen molar-refractivity contribution in [2.75, 3.05) is 20.8 Å². The van der Waals surface area contributed by atoms with Crippen LogP contribution in [0.2, 0.25) is 0 Å². The fourth-order valence-electron chi connectivity index (χ4n) is 3.16. The van der Waals surface area contributed by atoms with Gasteiger partial charge in [-0.3, -0.25) is 23.2 Å². The molecule has 0 aliphatic carbocycles. The van der Waals surface area contributed by atoms with E-state index in [2.05, 4.69) is 0 Å². The molecular formula is C22H25O7PS. The topological polar surface area (TPSA) is 88.1 Å². The van der Waals surface area contributed by atoms with Gasteiger partial charge in [-0.1, -0.05) is 53.7 Å². The number of ether oxygens (including phenoxy) is 1. The van der Waals surface area contributed by atoms with E-state index in [9.17, 15) is 14.2 Å². The van der Waals surface area contributed by atoms with Crippen molar-refractivity contribution in [2.45, 2.75) is 31.1 Å². The summed E-state index contributed by atoms with van der Waals surface area (Å²) in [6.45, 7) is 2.04. The Kier molecular flexibility index (Phi) is 8.08. The van der Waals surface area contributed by atoms with Gasteiger partial charge in [-0.15, -0.1) is 0 Å². The summed E-state index contributed by atoms with van der Waals surface area (Å²) in [5, 5.41) is -0.378. The van der Waals surface area contributed by atoms with Gasteiger partial charge in [0.1, 0.15) is 18.5 Å². The Bertz CT molecular complexity index is 968. The van der Waals surface area contributed by atoms with Gasteiger partial charge in [-0.05, 0) is 36.6 Å². The van der Waals surface area contributed by atoms with Crippen LogP contribution in [0.15, 0.2) is 48.5 Å². The monoisotopic (exact) mass is 464 g/mol. The number of hydrogen-bond donors (Lipinski definition) is 0. The maximum absolute atomic E-state index is 12.5. The van der Waals surface area contributed by atoms with Gasteiger partial charge in [-0.2, -0.15) is 0 Å². The average molecular weight is 464 g/mol. The Morgan fingerprint density at radius 2 is 1.81 bits per heavy atom. The van der Waals surface area contributed by atoms with E-state index in [1.165, 1.54) is 14.2 Å². The zero-order valence-corrected chi connectivity index (χ0v) is 19.3. The molecule has 31 heavy (non-hydrogen) atoms. The first-order valence-corrected chi connectivity index (χ1v) is 12.1. The highest BCUT2D eigenvalue weighted by Crippen LogP contribution is 2.51. The Balaban J connectivity index is 1.67. The van der Waals surface area contributed by atoms with E-state index in [4.69, 9.17) is 18.3 Å². The second-order valence-electron chi connectivity index (χ2n) is 7.10. The van der Waals surface area contributed by atoms with E-state index in [1.54, 1.807) is 12.1 Å². The minimum absolute atomic E-state index is 0.0175. The average Bonchev–Trinajstić information content (AvgIpc) is 3.08. The van der Waals surface area contributed by atoms with Crippen molar-refractivity contribution in [1.29, 1.82) is 0 Å². The standard InChI is InChI=1S/C22H25O7PS/c1-15-5-4-6-17(11-15)20(29-30(25,26-2)27-3)14-28-18-9-7-16(8-10-18)12-21-19(23)13-22(24)31-21/h4-11,20-21H,12-14H2,1-3H3. The molecule has 0 radical (unpaired) electrons. The number of carbonyl (C=O) groups is 2. The smallest absolute Gasteiger partial charge is 0.474 e. The minimum Gasteiger partial charge on any atom is -0.491 e. The number of aryl methyl sites for hydroxylation is 1. The summed E-state index contributed by atoms with van der Waals surface area (Å²) in [6, 6.07) is 14.9. The third-order valence-corrected chi connectivity index (χ3v) is 7.34. The van der Waals surface area contributed by atoms with Gasteiger partial charge in [0.05, 0.1) is 11.7 Å². The summed E-state index contributed by atoms with van der Waals surface area (Å²) in [5.74, 6) is 0.574. The van der Waals surface area contributed by atoms with Crippen LogP contribution in [0.1, 0.15) is 29.2 Å². The van der Waals surface area contributed by atoms with Gasteiger partial charge >= 0.3 is 7.82 Å². The Labute approximate surface area is 186 Å². The first-order valence-electron chi connectivity index (χ1n) is 9.72. The summed E-state index contributed by atoms with van der Waals surface area (Å²) < 4.78 is 33.9. The van der Waals surface area contributed by atoms with Crippen LogP contribution in [0.3, 0.4) is 0 Å². The van der Waals surface area contributed by atoms with Crippen LogP contribution in [-0.2, 0) is 34.1 Å². The molecule has 1 heterocycles. The molecule has 0 saturated carbocycles. The van der Waals surface area contributed by atoms with E-state index in [1.807, 2.05) is 43.3 Å². The molecular weight excluding hydrogens is 439 g/mol. The molecule has 0 N–H and O–H groups in total. The second-order valence-corrected chi connectivity index (χ2v) is 10.2. The quantitative estimate of drug-likeness (QED) is 0.370. The molecule has 1 fully saturated rings. The van der Waals surface area contributed by atoms with Crippen molar-refractivity contribution in [1.82, 2.24) is 0 Å². The number of ketones is 1. The van der Waals surface area contributed by atoms with Crippen LogP contribution in [0, 0.1) is 6.92 Å². The third-order valence-electron chi connectivity index (χ3n) is 4.81. The lowest BCUT2D eigenvalue weighted by Gasteiger charge is -2.23. The maximum Gasteiger partial charge on any atom is 0.474 e. The lowest BCUT2D eigenvalue weighted by Crippen LogP contribution is -2.15. The molecule has 166 valence electrons. The van der Waals surface area contributed by atoms with Crippen LogP contribution in [-0.4, -0.2) is 37.0 Å². The summed E-state index contributed by atoms with van der Waals surface area (Å²) in [4.78, 5) is 23.2. The van der Waals surface area contributed by atoms with Crippen molar-refractivity contribution >= 4 is 30.5 Å². The number of carbonyl (C=O) groups excluding carboxylic acids is 2. The molecule has 1 saturated heterocycles. The number of phosphoric ester groups is 1. The first-order chi connectivity index (χ1) is 14.8. The van der Waals surface area contributed by atoms with Gasteiger partial charge in [0, 0.05) is 14.2 Å². The van der Waals surface area contributed by atoms with Gasteiger partial charge in [-0.25, -0.2) is 4.57 Å². The molecule has 0 amide bonds. The normalized spacial score (nSPS) is 17.7. The van der Waals surface area contributed by atoms with E-state index < -0.39 is 13.9 Å². The largest absolute Gasteiger partial charge is 0.491 e. The number of thioether (sulfide) groups is 1. The highest BCUT2D eigenvalue weighted by atomic mass is 32.2. The van der Waals surface area contributed by atoms with Gasteiger partial charge < -0.3 is 4.74 Å². The van der Waals surface area contributed by atoms with Gasteiger partial charge in [0.15, 0.2) is 10.9 Å². The molecule has 0 aromatic heterocycles. The molecule has 1 aliphatic heterocycles. The fraction of sp³-hybridized carbons (Fsp3) is 0.364. The lowest BCUT2D eigenvalue weighted by atomic mass is 10.1. The van der Waals surface area contributed by atoms with E-state index in [0.717, 1.165) is 28.5 Å². The highest BCUT2D eigenvalue weighted by Gasteiger charge is 2.32. The molecule has 2 unspecified atom stereocenters. The Morgan fingerprint density at radius 1 is 1.10 bits per heavy atom. The first kappa shape index (κ1) is 23.7. The molecule has 0 bridgehead atoms. The summed E-state index contributed by atoms with van der Waals surface area (Å²) >= 11 is 1.11. The zero-order chi connectivity index (χ0) is 22.4. The van der Waals surface area contributed by atoms with Crippen LogP contribution >= 0.6 is 19.6 Å². The van der Waals surface area contributed by atoms with Crippen molar-refractivity contribution in [3.8, 4) is 5.75 Å². The second kappa shape index (κ2) is 10.6. The highest BCUT2D eigenvalue weighted by molar-refractivity contribution is 8.15. The SMILES string of the molecule is COP(=O)(OC)OC(COc1ccc(CC2SC(=O)CC2=O)cc1)c1cccc(C)c1. The molecule has 3 rings (SSSR count). The lowest BCUT2D eigenvalue weighted by molar-refractivity contribution is -0.121. The van der Waals surface area contributed by atoms with Crippen LogP contribution < -0.4 is 4.74 Å². The van der Waals surface area contributed by atoms with Crippen molar-refractivity contribution in [2.24, 2.45) is 0 Å². The fourth-order valence-corrected chi connectivity index (χ4v) is 5.01. The predicted molar refractivity (Wildman–Crippen MR) is 118 cm³/mol.